The molecule has 2 aromatic heterocycles. The van der Waals surface area contributed by atoms with Gasteiger partial charge in [-0.25, -0.2) is 4.98 Å². The molecule has 0 amide bonds. The first-order chi connectivity index (χ1) is 13.7. The van der Waals surface area contributed by atoms with Gasteiger partial charge in [0.05, 0.1) is 10.6 Å². The van der Waals surface area contributed by atoms with Crippen LogP contribution in [0.2, 0.25) is 0 Å². The maximum absolute atomic E-state index is 11.1. The van der Waals surface area contributed by atoms with Gasteiger partial charge in [0, 0.05) is 5.69 Å². The van der Waals surface area contributed by atoms with Crippen LogP contribution in [0.15, 0.2) is 46.0 Å². The van der Waals surface area contributed by atoms with E-state index >= 15 is 0 Å². The highest BCUT2D eigenvalue weighted by molar-refractivity contribution is 7.85. The molecule has 2 heterocycles. The summed E-state index contributed by atoms with van der Waals surface area (Å²) in [6.07, 6.45) is 0. The molecule has 0 saturated heterocycles. The van der Waals surface area contributed by atoms with E-state index in [0.29, 0.717) is 43.3 Å². The molecular weight excluding hydrogens is 432 g/mol. The Hall–Kier alpha value is -2.98. The van der Waals surface area contributed by atoms with Crippen molar-refractivity contribution in [3.63, 3.8) is 0 Å². The summed E-state index contributed by atoms with van der Waals surface area (Å²) in [4.78, 5) is 4.24. The number of hydrogen-bond acceptors (Lipinski definition) is 10. The van der Waals surface area contributed by atoms with E-state index in [1.54, 1.807) is 13.8 Å². The van der Waals surface area contributed by atoms with Gasteiger partial charge in [-0.15, -0.1) is 10.2 Å². The van der Waals surface area contributed by atoms with Gasteiger partial charge >= 0.3 is 0 Å². The molecule has 9 nitrogen and oxygen atoms in total. The van der Waals surface area contributed by atoms with E-state index in [1.807, 2.05) is 0 Å². The van der Waals surface area contributed by atoms with Crippen LogP contribution < -0.4 is 5.32 Å². The summed E-state index contributed by atoms with van der Waals surface area (Å²) >= 11 is 2.31. The minimum atomic E-state index is -4.25. The molecule has 0 radical (unpaired) electrons. The summed E-state index contributed by atoms with van der Waals surface area (Å²) in [6.45, 7) is 7.42. The number of nitrogens with zero attached hydrogens (tertiary/aromatic N) is 5. The highest BCUT2D eigenvalue weighted by Crippen LogP contribution is 2.38. The highest BCUT2D eigenvalue weighted by Gasteiger charge is 2.15. The lowest BCUT2D eigenvalue weighted by Crippen LogP contribution is -1.98. The zero-order valence-electron chi connectivity index (χ0n) is 15.2. The number of rotatable bonds is 6. The first-order valence-corrected chi connectivity index (χ1v) is 11.0. The summed E-state index contributed by atoms with van der Waals surface area (Å²) in [5.74, 6) is 0. The fraction of sp³-hybridized carbons (Fsp3) is 0.118. The van der Waals surface area contributed by atoms with E-state index in [1.165, 1.54) is 35.6 Å². The second kappa shape index (κ2) is 8.18. The van der Waals surface area contributed by atoms with Crippen molar-refractivity contribution in [3.8, 4) is 6.07 Å². The van der Waals surface area contributed by atoms with Crippen molar-refractivity contribution in [2.24, 2.45) is 10.2 Å². The Morgan fingerprint density at radius 1 is 1.28 bits per heavy atom. The molecule has 12 heteroatoms. The number of hydrogen-bond donors (Lipinski definition) is 2. The van der Waals surface area contributed by atoms with E-state index in [2.05, 4.69) is 37.6 Å². The fourth-order valence-corrected chi connectivity index (χ4v) is 4.23. The van der Waals surface area contributed by atoms with E-state index < -0.39 is 10.1 Å². The molecule has 3 rings (SSSR count). The third kappa shape index (κ3) is 4.72. The van der Waals surface area contributed by atoms with Gasteiger partial charge in [-0.2, -0.15) is 18.1 Å². The normalized spacial score (nSPS) is 11.5. The summed E-state index contributed by atoms with van der Waals surface area (Å²) in [6, 6.07) is 7.63. The highest BCUT2D eigenvalue weighted by atomic mass is 32.2. The molecule has 0 aliphatic carbocycles. The molecule has 0 fully saturated rings. The lowest BCUT2D eigenvalue weighted by molar-refractivity contribution is 0.483. The Kier molecular flexibility index (Phi) is 5.85. The maximum Gasteiger partial charge on any atom is 0.294 e. The molecule has 0 saturated carbocycles. The summed E-state index contributed by atoms with van der Waals surface area (Å²) in [5.41, 5.74) is 2.80. The predicted molar refractivity (Wildman–Crippen MR) is 112 cm³/mol. The zero-order chi connectivity index (χ0) is 21.2. The minimum Gasteiger partial charge on any atom is -0.331 e. The molecule has 29 heavy (non-hydrogen) atoms. The van der Waals surface area contributed by atoms with Crippen molar-refractivity contribution < 1.29 is 13.0 Å². The van der Waals surface area contributed by atoms with E-state index in [9.17, 15) is 13.7 Å². The second-order valence-electron chi connectivity index (χ2n) is 5.84. The Morgan fingerprint density at radius 3 is 2.52 bits per heavy atom. The van der Waals surface area contributed by atoms with Crippen molar-refractivity contribution in [3.05, 3.63) is 47.8 Å². The number of nitriles is 1. The predicted octanol–water partition coefficient (Wildman–Crippen LogP) is 5.22. The number of nitrogens with one attached hydrogen (secondary N) is 1. The smallest absolute Gasteiger partial charge is 0.294 e. The summed E-state index contributed by atoms with van der Waals surface area (Å²) in [5, 5.41) is 22.0. The van der Waals surface area contributed by atoms with Crippen LogP contribution in [0.25, 0.3) is 5.57 Å². The van der Waals surface area contributed by atoms with Crippen molar-refractivity contribution in [1.29, 1.82) is 5.26 Å². The molecule has 0 spiro atoms. The fourth-order valence-electron chi connectivity index (χ4n) is 2.19. The minimum absolute atomic E-state index is 0.201. The van der Waals surface area contributed by atoms with Crippen LogP contribution in [0.4, 0.5) is 20.8 Å². The molecule has 0 aliphatic rings. The molecule has 0 aliphatic heterocycles. The van der Waals surface area contributed by atoms with Gasteiger partial charge in [-0.05, 0) is 55.2 Å². The van der Waals surface area contributed by atoms with Crippen molar-refractivity contribution in [1.82, 2.24) is 9.36 Å². The van der Waals surface area contributed by atoms with Crippen molar-refractivity contribution in [2.75, 3.05) is 5.32 Å². The molecule has 0 bridgehead atoms. The van der Waals surface area contributed by atoms with Gasteiger partial charge in [-0.3, -0.25) is 4.55 Å². The summed E-state index contributed by atoms with van der Waals surface area (Å²) in [7, 11) is -4.25. The molecular formula is C17H14N6O3S3. The molecule has 2 N–H and O–H groups in total. The van der Waals surface area contributed by atoms with Crippen LogP contribution in [0.5, 0.6) is 0 Å². The largest absolute Gasteiger partial charge is 0.331 e. The van der Waals surface area contributed by atoms with Gasteiger partial charge in [0.1, 0.15) is 17.3 Å². The van der Waals surface area contributed by atoms with Gasteiger partial charge in [0.25, 0.3) is 10.1 Å². The Morgan fingerprint density at radius 2 is 1.93 bits per heavy atom. The number of anilines is 2. The second-order valence-corrected chi connectivity index (χ2v) is 8.99. The number of aromatic nitrogens is 2. The van der Waals surface area contributed by atoms with E-state index in [0.717, 1.165) is 11.5 Å². The standard InChI is InChI=1S/C17H14N6O3S3/c1-9(2)14-16(22-21-15-13(8-18)10(3)23-28-15)27-17(20-14)19-11-4-6-12(7-5-11)29(24,25)26/h4-7H,1H2,2-3H3,(H,19,20)(H,24,25,26). The number of aryl methyl sites for hydroxylation is 1. The SMILES string of the molecule is C=C(C)c1nc(Nc2ccc(S(=O)(=O)O)cc2)sc1N=Nc1snc(C)c1C#N. The van der Waals surface area contributed by atoms with Crippen LogP contribution in [-0.4, -0.2) is 22.3 Å². The van der Waals surface area contributed by atoms with Crippen LogP contribution in [-0.2, 0) is 10.1 Å². The Balaban J connectivity index is 1.88. The molecule has 3 aromatic rings. The Labute approximate surface area is 175 Å². The number of allylic oxidation sites excluding steroid dienone is 1. The quantitative estimate of drug-likeness (QED) is 0.390. The van der Waals surface area contributed by atoms with Crippen LogP contribution >= 0.6 is 22.9 Å². The lowest BCUT2D eigenvalue weighted by atomic mass is 10.2. The maximum atomic E-state index is 11.1. The van der Waals surface area contributed by atoms with Gasteiger partial charge in [-0.1, -0.05) is 17.9 Å². The third-order valence-corrected chi connectivity index (χ3v) is 6.15. The average Bonchev–Trinajstić information content (AvgIpc) is 3.22. The first kappa shape index (κ1) is 20.7. The summed E-state index contributed by atoms with van der Waals surface area (Å²) < 4.78 is 35.4. The van der Waals surface area contributed by atoms with E-state index in [4.69, 9.17) is 4.55 Å². The topological polar surface area (TPSA) is 141 Å². The van der Waals surface area contributed by atoms with Crippen molar-refractivity contribution in [2.45, 2.75) is 18.7 Å². The van der Waals surface area contributed by atoms with Gasteiger partial charge in [0.2, 0.25) is 0 Å². The van der Waals surface area contributed by atoms with Gasteiger partial charge < -0.3 is 5.32 Å². The van der Waals surface area contributed by atoms with Crippen LogP contribution in [0.1, 0.15) is 23.9 Å². The molecule has 0 atom stereocenters. The Bertz CT molecular complexity index is 1250. The zero-order valence-corrected chi connectivity index (χ0v) is 17.7. The average molecular weight is 447 g/mol. The monoisotopic (exact) mass is 446 g/mol. The number of azo groups is 1. The number of benzene rings is 1. The third-order valence-electron chi connectivity index (χ3n) is 3.61. The van der Waals surface area contributed by atoms with Crippen LogP contribution in [0.3, 0.4) is 0 Å². The van der Waals surface area contributed by atoms with Gasteiger partial charge in [0.15, 0.2) is 15.1 Å². The first-order valence-electron chi connectivity index (χ1n) is 7.98. The number of thiazole rings is 1. The molecule has 1 aromatic carbocycles. The van der Waals surface area contributed by atoms with E-state index in [-0.39, 0.29) is 4.90 Å². The molecule has 148 valence electrons. The van der Waals surface area contributed by atoms with Crippen molar-refractivity contribution >= 4 is 59.4 Å². The molecule has 0 unspecified atom stereocenters. The van der Waals surface area contributed by atoms with Crippen LogP contribution in [0, 0.1) is 18.3 Å². The lowest BCUT2D eigenvalue weighted by Gasteiger charge is -2.03.